The zero-order chi connectivity index (χ0) is 22.2. The van der Waals surface area contributed by atoms with Gasteiger partial charge in [-0.3, -0.25) is 14.4 Å². The van der Waals surface area contributed by atoms with Crippen LogP contribution in [0.2, 0.25) is 0 Å². The summed E-state index contributed by atoms with van der Waals surface area (Å²) in [6, 6.07) is 14.8. The van der Waals surface area contributed by atoms with Gasteiger partial charge < -0.3 is 10.3 Å². The number of nitrogens with one attached hydrogen (secondary N) is 2. The Morgan fingerprint density at radius 1 is 0.968 bits per heavy atom. The van der Waals surface area contributed by atoms with E-state index in [0.717, 1.165) is 23.8 Å². The van der Waals surface area contributed by atoms with Gasteiger partial charge in [-0.15, -0.1) is 0 Å². The third-order valence-corrected chi connectivity index (χ3v) is 5.27. The molecule has 1 heterocycles. The highest BCUT2D eigenvalue weighted by molar-refractivity contribution is 6.06. The number of Topliss-reactive ketones (excluding diaryl/α,β-unsaturated/α-hetero) is 1. The minimum Gasteiger partial charge on any atom is -0.325 e. The Bertz CT molecular complexity index is 1220. The highest BCUT2D eigenvalue weighted by atomic mass is 19.4. The fraction of sp³-hybridized carbons (Fsp3) is 0.174. The van der Waals surface area contributed by atoms with Crippen molar-refractivity contribution in [3.8, 4) is 0 Å². The lowest BCUT2D eigenvalue weighted by Crippen LogP contribution is -2.29. The molecule has 5 nitrogen and oxygen atoms in total. The van der Waals surface area contributed by atoms with Crippen LogP contribution < -0.4 is 10.9 Å². The number of alkyl halides is 3. The van der Waals surface area contributed by atoms with Crippen LogP contribution in [0, 0.1) is 0 Å². The topological polar surface area (TPSA) is 79.0 Å². The SMILES string of the molecule is O=C1C[C@H](c2ccccc2)Cc2[nH]c(=O)c(C(=O)Nc3cccc(C(F)(F)F)c3)cc21. The minimum absolute atomic E-state index is 0.0818. The van der Waals surface area contributed by atoms with Gasteiger partial charge >= 0.3 is 6.18 Å². The van der Waals surface area contributed by atoms with Crippen LogP contribution in [-0.4, -0.2) is 16.7 Å². The average Bonchev–Trinajstić information content (AvgIpc) is 2.73. The number of carbonyl (C=O) groups is 2. The Labute approximate surface area is 174 Å². The molecule has 0 bridgehead atoms. The van der Waals surface area contributed by atoms with Gasteiger partial charge in [-0.25, -0.2) is 0 Å². The van der Waals surface area contributed by atoms with Crippen molar-refractivity contribution in [2.75, 3.05) is 5.32 Å². The van der Waals surface area contributed by atoms with Gasteiger partial charge in [0.05, 0.1) is 5.56 Å². The molecule has 1 aliphatic rings. The maximum atomic E-state index is 12.9. The monoisotopic (exact) mass is 426 g/mol. The number of amides is 1. The van der Waals surface area contributed by atoms with Gasteiger partial charge in [0, 0.05) is 23.4 Å². The molecule has 1 amide bonds. The predicted octanol–water partition coefficient (Wildman–Crippen LogP) is 4.56. The van der Waals surface area contributed by atoms with Crippen LogP contribution in [0.25, 0.3) is 0 Å². The first-order valence-corrected chi connectivity index (χ1v) is 9.55. The lowest BCUT2D eigenvalue weighted by molar-refractivity contribution is -0.137. The molecule has 0 aliphatic heterocycles. The standard InChI is InChI=1S/C23H17F3N2O3/c24-23(25,26)15-7-4-8-16(11-15)27-21(30)18-12-17-19(28-22(18)31)9-14(10-20(17)29)13-5-2-1-3-6-13/h1-8,11-12,14H,9-10H2,(H,27,30)(H,28,31)/t14-/m1/s1. The molecular formula is C23H17F3N2O3. The van der Waals surface area contributed by atoms with E-state index in [-0.39, 0.29) is 34.9 Å². The number of aromatic nitrogens is 1. The molecule has 2 aromatic carbocycles. The molecule has 2 N–H and O–H groups in total. The molecule has 1 aliphatic carbocycles. The summed E-state index contributed by atoms with van der Waals surface area (Å²) >= 11 is 0. The van der Waals surface area contributed by atoms with Gasteiger partial charge in [-0.05, 0) is 42.2 Å². The zero-order valence-corrected chi connectivity index (χ0v) is 16.1. The third-order valence-electron chi connectivity index (χ3n) is 5.27. The highest BCUT2D eigenvalue weighted by Crippen LogP contribution is 2.32. The van der Waals surface area contributed by atoms with Crippen molar-refractivity contribution < 1.29 is 22.8 Å². The lowest BCUT2D eigenvalue weighted by Gasteiger charge is -2.24. The number of halogens is 3. The highest BCUT2D eigenvalue weighted by Gasteiger charge is 2.31. The Hall–Kier alpha value is -3.68. The van der Waals surface area contributed by atoms with Crippen molar-refractivity contribution >= 4 is 17.4 Å². The van der Waals surface area contributed by atoms with E-state index in [1.807, 2.05) is 30.3 Å². The van der Waals surface area contributed by atoms with Gasteiger partial charge in [-0.1, -0.05) is 36.4 Å². The fourth-order valence-corrected chi connectivity index (χ4v) is 3.73. The summed E-state index contributed by atoms with van der Waals surface area (Å²) in [5, 5.41) is 2.30. The number of rotatable bonds is 3. The van der Waals surface area contributed by atoms with Gasteiger partial charge in [0.25, 0.3) is 11.5 Å². The molecule has 4 rings (SSSR count). The van der Waals surface area contributed by atoms with Crippen molar-refractivity contribution in [2.45, 2.75) is 24.9 Å². The summed E-state index contributed by atoms with van der Waals surface area (Å²) in [6.07, 6.45) is -3.89. The maximum absolute atomic E-state index is 12.9. The molecule has 0 unspecified atom stereocenters. The summed E-state index contributed by atoms with van der Waals surface area (Å²) in [6.45, 7) is 0. The van der Waals surface area contributed by atoms with Gasteiger partial charge in [0.2, 0.25) is 0 Å². The summed E-state index contributed by atoms with van der Waals surface area (Å²) < 4.78 is 38.6. The quantitative estimate of drug-likeness (QED) is 0.645. The van der Waals surface area contributed by atoms with Crippen molar-refractivity contribution in [3.05, 3.63) is 99.0 Å². The van der Waals surface area contributed by atoms with E-state index in [4.69, 9.17) is 0 Å². The van der Waals surface area contributed by atoms with E-state index < -0.39 is 23.2 Å². The molecule has 0 spiro atoms. The van der Waals surface area contributed by atoms with E-state index in [2.05, 4.69) is 10.3 Å². The van der Waals surface area contributed by atoms with E-state index in [9.17, 15) is 27.6 Å². The van der Waals surface area contributed by atoms with E-state index >= 15 is 0 Å². The number of anilines is 1. The van der Waals surface area contributed by atoms with Crippen LogP contribution in [0.1, 0.15) is 49.9 Å². The van der Waals surface area contributed by atoms with Crippen LogP contribution in [-0.2, 0) is 12.6 Å². The predicted molar refractivity (Wildman–Crippen MR) is 108 cm³/mol. The van der Waals surface area contributed by atoms with Crippen molar-refractivity contribution in [1.82, 2.24) is 4.98 Å². The molecule has 3 aromatic rings. The van der Waals surface area contributed by atoms with Crippen LogP contribution in [0.3, 0.4) is 0 Å². The van der Waals surface area contributed by atoms with Crippen LogP contribution in [0.5, 0.6) is 0 Å². The first-order valence-electron chi connectivity index (χ1n) is 9.55. The molecule has 0 radical (unpaired) electrons. The molecule has 1 aromatic heterocycles. The largest absolute Gasteiger partial charge is 0.416 e. The molecular weight excluding hydrogens is 409 g/mol. The van der Waals surface area contributed by atoms with Crippen molar-refractivity contribution in [3.63, 3.8) is 0 Å². The number of ketones is 1. The Kier molecular flexibility index (Phi) is 5.22. The van der Waals surface area contributed by atoms with Gasteiger partial charge in [0.1, 0.15) is 5.56 Å². The Morgan fingerprint density at radius 3 is 2.42 bits per heavy atom. The van der Waals surface area contributed by atoms with Crippen LogP contribution in [0.4, 0.5) is 18.9 Å². The zero-order valence-electron chi connectivity index (χ0n) is 16.1. The molecule has 1 atom stereocenters. The number of benzene rings is 2. The summed E-state index contributed by atoms with van der Waals surface area (Å²) in [7, 11) is 0. The fourth-order valence-electron chi connectivity index (χ4n) is 3.73. The summed E-state index contributed by atoms with van der Waals surface area (Å²) in [5.74, 6) is -1.18. The second kappa shape index (κ2) is 7.86. The van der Waals surface area contributed by atoms with E-state index in [0.29, 0.717) is 12.1 Å². The summed E-state index contributed by atoms with van der Waals surface area (Å²) in [4.78, 5) is 40.3. The number of hydrogen-bond donors (Lipinski definition) is 2. The lowest BCUT2D eigenvalue weighted by atomic mass is 9.81. The Morgan fingerprint density at radius 2 is 1.71 bits per heavy atom. The normalized spacial score (nSPS) is 16.0. The molecule has 0 saturated carbocycles. The second-order valence-electron chi connectivity index (χ2n) is 7.38. The van der Waals surface area contributed by atoms with E-state index in [1.165, 1.54) is 12.1 Å². The van der Waals surface area contributed by atoms with E-state index in [1.54, 1.807) is 0 Å². The van der Waals surface area contributed by atoms with Crippen LogP contribution >= 0.6 is 0 Å². The van der Waals surface area contributed by atoms with Crippen LogP contribution in [0.15, 0.2) is 65.5 Å². The van der Waals surface area contributed by atoms with Gasteiger partial charge in [0.15, 0.2) is 5.78 Å². The average molecular weight is 426 g/mol. The molecule has 158 valence electrons. The number of aromatic amines is 1. The first-order chi connectivity index (χ1) is 14.7. The number of H-pyrrole nitrogens is 1. The smallest absolute Gasteiger partial charge is 0.325 e. The number of fused-ring (bicyclic) bond motifs is 1. The first kappa shape index (κ1) is 20.6. The summed E-state index contributed by atoms with van der Waals surface area (Å²) in [5.41, 5.74) is -0.382. The maximum Gasteiger partial charge on any atom is 0.416 e. The van der Waals surface area contributed by atoms with Crippen molar-refractivity contribution in [1.29, 1.82) is 0 Å². The third kappa shape index (κ3) is 4.28. The minimum atomic E-state index is -4.56. The van der Waals surface area contributed by atoms with Gasteiger partial charge in [-0.2, -0.15) is 13.2 Å². The number of carbonyl (C=O) groups excluding carboxylic acids is 2. The second-order valence-corrected chi connectivity index (χ2v) is 7.38. The molecule has 31 heavy (non-hydrogen) atoms. The number of hydrogen-bond acceptors (Lipinski definition) is 3. The molecule has 8 heteroatoms. The molecule has 0 saturated heterocycles. The van der Waals surface area contributed by atoms with Crippen molar-refractivity contribution in [2.24, 2.45) is 0 Å². The molecule has 0 fully saturated rings. The Balaban J connectivity index is 1.60. The number of pyridine rings is 1.